The minimum absolute atomic E-state index is 0.121. The highest BCUT2D eigenvalue weighted by atomic mass is 16.5. The second-order valence-electron chi connectivity index (χ2n) is 5.14. The first-order chi connectivity index (χ1) is 10.7. The second kappa shape index (κ2) is 6.33. The summed E-state index contributed by atoms with van der Waals surface area (Å²) in [5.74, 6) is -0.962. The summed E-state index contributed by atoms with van der Waals surface area (Å²) >= 11 is 0. The summed E-state index contributed by atoms with van der Waals surface area (Å²) in [7, 11) is 1.60. The van der Waals surface area contributed by atoms with Gasteiger partial charge in [-0.25, -0.2) is 4.79 Å². The van der Waals surface area contributed by atoms with Crippen LogP contribution in [0.25, 0.3) is 11.0 Å². The lowest BCUT2D eigenvalue weighted by molar-refractivity contribution is -0.0597. The van der Waals surface area contributed by atoms with Crippen molar-refractivity contribution in [2.45, 2.75) is 19.1 Å². The Morgan fingerprint density at radius 1 is 1.50 bits per heavy atom. The molecular weight excluding hydrogens is 288 g/mol. The van der Waals surface area contributed by atoms with Gasteiger partial charge in [-0.05, 0) is 24.6 Å². The Morgan fingerprint density at radius 2 is 2.32 bits per heavy atom. The summed E-state index contributed by atoms with van der Waals surface area (Å²) < 4.78 is 18.0. The molecule has 0 bridgehead atoms. The molecule has 22 heavy (non-hydrogen) atoms. The van der Waals surface area contributed by atoms with Crippen molar-refractivity contribution >= 4 is 17.0 Å². The van der Waals surface area contributed by atoms with E-state index in [9.17, 15) is 4.79 Å². The molecule has 0 spiro atoms. The Kier molecular flexibility index (Phi) is 4.26. The van der Waals surface area contributed by atoms with Crippen molar-refractivity contribution in [3.63, 3.8) is 0 Å². The molecule has 1 unspecified atom stereocenters. The van der Waals surface area contributed by atoms with Gasteiger partial charge in [0.25, 0.3) is 6.01 Å². The molecule has 7 heteroatoms. The van der Waals surface area contributed by atoms with Gasteiger partial charge in [0.2, 0.25) is 0 Å². The molecule has 1 aliphatic heterocycles. The maximum atomic E-state index is 11.2. The molecule has 2 heterocycles. The Balaban J connectivity index is 1.96. The fourth-order valence-electron chi connectivity index (χ4n) is 2.37. The number of rotatable bonds is 7. The maximum Gasteiger partial charge on any atom is 0.335 e. The Bertz CT molecular complexity index is 678. The topological polar surface area (TPSA) is 82.8 Å². The van der Waals surface area contributed by atoms with Crippen LogP contribution in [0.1, 0.15) is 16.8 Å². The third-order valence-electron chi connectivity index (χ3n) is 3.66. The van der Waals surface area contributed by atoms with Crippen LogP contribution in [0, 0.1) is 0 Å². The lowest BCUT2D eigenvalue weighted by atomic mass is 10.1. The normalized spacial score (nSPS) is 17.4. The monoisotopic (exact) mass is 306 g/mol. The number of hydrogen-bond donors (Lipinski definition) is 1. The number of aromatic nitrogens is 2. The molecule has 1 fully saturated rings. The highest BCUT2D eigenvalue weighted by Gasteiger charge is 2.23. The van der Waals surface area contributed by atoms with Gasteiger partial charge in [-0.2, -0.15) is 4.98 Å². The first-order valence-electron chi connectivity index (χ1n) is 7.16. The Hall–Kier alpha value is -2.12. The molecule has 1 aliphatic rings. The van der Waals surface area contributed by atoms with Crippen LogP contribution in [0.4, 0.5) is 0 Å². The van der Waals surface area contributed by atoms with Crippen LogP contribution < -0.4 is 4.74 Å². The van der Waals surface area contributed by atoms with Crippen LogP contribution in [0.3, 0.4) is 0 Å². The summed E-state index contributed by atoms with van der Waals surface area (Å²) in [6.45, 7) is 2.21. The molecule has 1 aromatic carbocycles. The van der Waals surface area contributed by atoms with Gasteiger partial charge in [0, 0.05) is 13.7 Å². The first kappa shape index (κ1) is 14.8. The van der Waals surface area contributed by atoms with Crippen LogP contribution in [0.5, 0.6) is 6.01 Å². The van der Waals surface area contributed by atoms with E-state index in [0.29, 0.717) is 31.3 Å². The zero-order valence-electron chi connectivity index (χ0n) is 12.3. The van der Waals surface area contributed by atoms with Crippen molar-refractivity contribution in [2.24, 2.45) is 0 Å². The minimum Gasteiger partial charge on any atom is -0.478 e. The number of carbonyl (C=O) groups is 1. The van der Waals surface area contributed by atoms with Crippen molar-refractivity contribution in [1.82, 2.24) is 9.55 Å². The molecular formula is C15H18N2O5. The standard InChI is InChI=1S/C15H18N2O5/c1-20-6-7-22-15-16-12-3-2-10(14(18)19)8-13(12)17(15)9-11-4-5-21-11/h2-3,8,11H,4-7,9H2,1H3,(H,18,19). The van der Waals surface area contributed by atoms with Crippen molar-refractivity contribution in [3.05, 3.63) is 23.8 Å². The number of benzene rings is 1. The minimum atomic E-state index is -0.962. The summed E-state index contributed by atoms with van der Waals surface area (Å²) in [5, 5.41) is 9.15. The van der Waals surface area contributed by atoms with Gasteiger partial charge >= 0.3 is 5.97 Å². The van der Waals surface area contributed by atoms with E-state index >= 15 is 0 Å². The number of carboxylic acids is 1. The zero-order valence-corrected chi connectivity index (χ0v) is 12.3. The molecule has 1 aromatic heterocycles. The summed E-state index contributed by atoms with van der Waals surface area (Å²) in [4.78, 5) is 15.6. The van der Waals surface area contributed by atoms with Gasteiger partial charge in [-0.1, -0.05) is 0 Å². The maximum absolute atomic E-state index is 11.2. The second-order valence-corrected chi connectivity index (χ2v) is 5.14. The number of carboxylic acid groups (broad SMARTS) is 1. The van der Waals surface area contributed by atoms with E-state index in [1.165, 1.54) is 0 Å². The van der Waals surface area contributed by atoms with E-state index in [2.05, 4.69) is 4.98 Å². The molecule has 7 nitrogen and oxygen atoms in total. The number of fused-ring (bicyclic) bond motifs is 1. The van der Waals surface area contributed by atoms with Gasteiger partial charge in [0.05, 0.1) is 35.9 Å². The molecule has 3 rings (SSSR count). The first-order valence-corrected chi connectivity index (χ1v) is 7.16. The molecule has 1 saturated heterocycles. The van der Waals surface area contributed by atoms with E-state index in [0.717, 1.165) is 18.5 Å². The number of hydrogen-bond acceptors (Lipinski definition) is 5. The van der Waals surface area contributed by atoms with Crippen molar-refractivity contribution < 1.29 is 24.1 Å². The molecule has 118 valence electrons. The Labute approximate surface area is 127 Å². The number of imidazole rings is 1. The van der Waals surface area contributed by atoms with E-state index in [1.807, 2.05) is 4.57 Å². The van der Waals surface area contributed by atoms with Crippen LogP contribution in [-0.2, 0) is 16.0 Å². The number of nitrogens with zero attached hydrogens (tertiary/aromatic N) is 2. The lowest BCUT2D eigenvalue weighted by Crippen LogP contribution is -2.31. The summed E-state index contributed by atoms with van der Waals surface area (Å²) in [5.41, 5.74) is 1.67. The molecule has 1 atom stereocenters. The van der Waals surface area contributed by atoms with E-state index in [-0.39, 0.29) is 11.7 Å². The van der Waals surface area contributed by atoms with Crippen molar-refractivity contribution in [1.29, 1.82) is 0 Å². The van der Waals surface area contributed by atoms with Crippen LogP contribution in [0.15, 0.2) is 18.2 Å². The van der Waals surface area contributed by atoms with Gasteiger partial charge < -0.3 is 19.3 Å². The van der Waals surface area contributed by atoms with Crippen molar-refractivity contribution in [2.75, 3.05) is 26.9 Å². The van der Waals surface area contributed by atoms with Crippen LogP contribution >= 0.6 is 0 Å². The quantitative estimate of drug-likeness (QED) is 0.781. The van der Waals surface area contributed by atoms with E-state index in [1.54, 1.807) is 25.3 Å². The fourth-order valence-corrected chi connectivity index (χ4v) is 2.37. The van der Waals surface area contributed by atoms with Gasteiger partial charge in [-0.3, -0.25) is 4.57 Å². The zero-order chi connectivity index (χ0) is 15.5. The third-order valence-corrected chi connectivity index (χ3v) is 3.66. The van der Waals surface area contributed by atoms with Crippen LogP contribution in [-0.4, -0.2) is 53.7 Å². The molecule has 0 saturated carbocycles. The molecule has 2 aromatic rings. The average molecular weight is 306 g/mol. The molecule has 0 aliphatic carbocycles. The summed E-state index contributed by atoms with van der Waals surface area (Å²) in [6, 6.07) is 5.32. The molecule has 1 N–H and O–H groups in total. The van der Waals surface area contributed by atoms with Gasteiger partial charge in [0.15, 0.2) is 0 Å². The third kappa shape index (κ3) is 2.90. The fraction of sp³-hybridized carbons (Fsp3) is 0.467. The highest BCUT2D eigenvalue weighted by Crippen LogP contribution is 2.25. The highest BCUT2D eigenvalue weighted by molar-refractivity contribution is 5.92. The smallest absolute Gasteiger partial charge is 0.335 e. The molecule has 0 amide bonds. The summed E-state index contributed by atoms with van der Waals surface area (Å²) in [6.07, 6.45) is 1.10. The molecule has 0 radical (unpaired) electrons. The SMILES string of the molecule is COCCOc1nc2ccc(C(=O)O)cc2n1CC1CCO1. The largest absolute Gasteiger partial charge is 0.478 e. The van der Waals surface area contributed by atoms with Gasteiger partial charge in [0.1, 0.15) is 6.61 Å². The number of methoxy groups -OCH3 is 1. The predicted octanol–water partition coefficient (Wildman–Crippen LogP) is 1.55. The van der Waals surface area contributed by atoms with E-state index in [4.69, 9.17) is 19.3 Å². The predicted molar refractivity (Wildman–Crippen MR) is 78.4 cm³/mol. The average Bonchev–Trinajstić information content (AvgIpc) is 2.80. The van der Waals surface area contributed by atoms with E-state index < -0.39 is 5.97 Å². The van der Waals surface area contributed by atoms with Crippen molar-refractivity contribution in [3.8, 4) is 6.01 Å². The van der Waals surface area contributed by atoms with Gasteiger partial charge in [-0.15, -0.1) is 0 Å². The number of ether oxygens (including phenoxy) is 3. The Morgan fingerprint density at radius 3 is 2.95 bits per heavy atom. The number of aromatic carboxylic acids is 1. The van der Waals surface area contributed by atoms with Crippen LogP contribution in [0.2, 0.25) is 0 Å². The lowest BCUT2D eigenvalue weighted by Gasteiger charge is -2.27.